The van der Waals surface area contributed by atoms with Crippen LogP contribution in [0.3, 0.4) is 0 Å². The minimum atomic E-state index is -4.08. The second-order valence-corrected chi connectivity index (χ2v) is 12.5. The predicted octanol–water partition coefficient (Wildman–Crippen LogP) is 3.24. The lowest BCUT2D eigenvalue weighted by molar-refractivity contribution is -0.890. The van der Waals surface area contributed by atoms with Crippen LogP contribution < -0.4 is 5.26 Å². The van der Waals surface area contributed by atoms with Gasteiger partial charge in [0, 0.05) is 36.4 Å². The van der Waals surface area contributed by atoms with Crippen LogP contribution >= 0.6 is 12.0 Å². The van der Waals surface area contributed by atoms with Crippen LogP contribution in [-0.4, -0.2) is 87.8 Å². The van der Waals surface area contributed by atoms with Gasteiger partial charge in [-0.2, -0.15) is 4.33 Å². The van der Waals surface area contributed by atoms with Crippen LogP contribution in [0.25, 0.3) is 0 Å². The number of quaternary nitrogens is 2. The summed E-state index contributed by atoms with van der Waals surface area (Å²) in [5.41, 5.74) is 0. The molecule has 0 N–H and O–H groups in total. The van der Waals surface area contributed by atoms with E-state index in [1.807, 2.05) is 0 Å². The van der Waals surface area contributed by atoms with Gasteiger partial charge in [0.2, 0.25) is 0 Å². The smallest absolute Gasteiger partial charge is 0.0948 e. The first-order valence-electron chi connectivity index (χ1n) is 12.1. The molecular formula is C22H48N2O6S2. The van der Waals surface area contributed by atoms with Crippen molar-refractivity contribution in [2.24, 2.45) is 0 Å². The first-order chi connectivity index (χ1) is 15.0. The molecule has 32 heavy (non-hydrogen) atoms. The topological polar surface area (TPSA) is 98.7 Å². The summed E-state index contributed by atoms with van der Waals surface area (Å²) in [7, 11) is 4.65. The van der Waals surface area contributed by atoms with Crippen molar-refractivity contribution in [3.63, 3.8) is 0 Å². The van der Waals surface area contributed by atoms with E-state index in [0.29, 0.717) is 6.42 Å². The third kappa shape index (κ3) is 23.2. The average Bonchev–Trinajstić information content (AvgIpc) is 2.67. The van der Waals surface area contributed by atoms with Crippen LogP contribution in [0.4, 0.5) is 0 Å². The maximum atomic E-state index is 10.7. The van der Waals surface area contributed by atoms with E-state index in [9.17, 15) is 18.2 Å². The molecule has 194 valence electrons. The third-order valence-electron chi connectivity index (χ3n) is 6.00. The molecule has 0 aromatic rings. The molecule has 0 aliphatic heterocycles. The number of hydrogen-bond acceptors (Lipinski definition) is 7. The Kier molecular flexibility index (Phi) is 18.4. The van der Waals surface area contributed by atoms with Crippen molar-refractivity contribution >= 4 is 22.2 Å². The SMILES string of the molecule is C[N+](C)(CCCCCCCCCCCC[N+](C)(C)CCCS(=O)(=O)[O-])CCCSOO[O-]. The number of unbranched alkanes of at least 4 members (excludes halogenated alkanes) is 9. The number of rotatable bonds is 23. The average molecular weight is 501 g/mol. The summed E-state index contributed by atoms with van der Waals surface area (Å²) < 4.78 is 38.2. The van der Waals surface area contributed by atoms with Crippen molar-refractivity contribution in [1.82, 2.24) is 0 Å². The number of nitrogens with zero attached hydrogens (tertiary/aromatic N) is 2. The quantitative estimate of drug-likeness (QED) is 0.0530. The lowest BCUT2D eigenvalue weighted by atomic mass is 10.1. The van der Waals surface area contributed by atoms with Gasteiger partial charge in [0.25, 0.3) is 0 Å². The summed E-state index contributed by atoms with van der Waals surface area (Å²) >= 11 is 1.07. The van der Waals surface area contributed by atoms with E-state index in [1.54, 1.807) is 0 Å². The van der Waals surface area contributed by atoms with E-state index in [-0.39, 0.29) is 5.75 Å². The zero-order valence-corrected chi connectivity index (χ0v) is 22.5. The summed E-state index contributed by atoms with van der Waals surface area (Å²) in [6, 6.07) is 0. The van der Waals surface area contributed by atoms with E-state index in [2.05, 4.69) is 37.6 Å². The summed E-state index contributed by atoms with van der Waals surface area (Å²) in [5.74, 6) is 0.525. The van der Waals surface area contributed by atoms with Gasteiger partial charge in [0.15, 0.2) is 0 Å². The van der Waals surface area contributed by atoms with E-state index < -0.39 is 10.1 Å². The molecule has 0 amide bonds. The zero-order chi connectivity index (χ0) is 24.3. The Morgan fingerprint density at radius 3 is 1.44 bits per heavy atom. The molecule has 0 atom stereocenters. The molecule has 0 saturated heterocycles. The van der Waals surface area contributed by atoms with E-state index >= 15 is 0 Å². The molecule has 0 aliphatic carbocycles. The molecule has 0 fully saturated rings. The van der Waals surface area contributed by atoms with Gasteiger partial charge >= 0.3 is 0 Å². The molecule has 0 unspecified atom stereocenters. The minimum Gasteiger partial charge on any atom is -0.748 e. The molecule has 0 heterocycles. The molecule has 0 aromatic heterocycles. The molecule has 10 heteroatoms. The maximum Gasteiger partial charge on any atom is 0.0948 e. The zero-order valence-electron chi connectivity index (χ0n) is 20.9. The monoisotopic (exact) mass is 500 g/mol. The van der Waals surface area contributed by atoms with E-state index in [4.69, 9.17) is 0 Å². The first-order valence-corrected chi connectivity index (χ1v) is 14.6. The number of hydrogen-bond donors (Lipinski definition) is 0. The Labute approximate surface area is 201 Å². The van der Waals surface area contributed by atoms with Crippen molar-refractivity contribution in [3.8, 4) is 0 Å². The Bertz CT molecular complexity index is 545. The predicted molar refractivity (Wildman–Crippen MR) is 128 cm³/mol. The Hall–Kier alpha value is 0.0600. The highest BCUT2D eigenvalue weighted by Crippen LogP contribution is 2.14. The minimum absolute atomic E-state index is 0.249. The van der Waals surface area contributed by atoms with Crippen molar-refractivity contribution in [1.29, 1.82) is 0 Å². The Morgan fingerprint density at radius 2 is 1.03 bits per heavy atom. The van der Waals surface area contributed by atoms with Crippen molar-refractivity contribution < 1.29 is 36.6 Å². The molecule has 0 spiro atoms. The van der Waals surface area contributed by atoms with Gasteiger partial charge in [-0.15, -0.1) is 0 Å². The third-order valence-corrected chi connectivity index (χ3v) is 7.40. The molecule has 0 rings (SSSR count). The highest BCUT2D eigenvalue weighted by molar-refractivity contribution is 7.94. The molecule has 0 aromatic carbocycles. The van der Waals surface area contributed by atoms with Crippen LogP contribution in [0.1, 0.15) is 77.0 Å². The standard InChI is InChI=1S/C22H48N2O6S2/c1-23(2,19-15-21-31-30-29-25)17-13-11-9-7-5-6-8-10-12-14-18-24(3,4)20-16-22-32(26,27)28/h5-22H2,1-4H3. The van der Waals surface area contributed by atoms with Crippen molar-refractivity contribution in [3.05, 3.63) is 0 Å². The van der Waals surface area contributed by atoms with Crippen LogP contribution in [-0.2, 0) is 19.5 Å². The molecule has 0 aliphatic rings. The van der Waals surface area contributed by atoms with E-state index in [1.165, 1.54) is 64.3 Å². The largest absolute Gasteiger partial charge is 0.748 e. The van der Waals surface area contributed by atoms with Gasteiger partial charge in [-0.25, -0.2) is 8.42 Å². The lowest BCUT2D eigenvalue weighted by Crippen LogP contribution is -2.41. The highest BCUT2D eigenvalue weighted by atomic mass is 32.2. The van der Waals surface area contributed by atoms with Crippen LogP contribution in [0.2, 0.25) is 0 Å². The molecular weight excluding hydrogens is 452 g/mol. The van der Waals surface area contributed by atoms with Crippen molar-refractivity contribution in [2.45, 2.75) is 77.0 Å². The lowest BCUT2D eigenvalue weighted by Gasteiger charge is -2.30. The van der Waals surface area contributed by atoms with Crippen LogP contribution in [0.15, 0.2) is 0 Å². The highest BCUT2D eigenvalue weighted by Gasteiger charge is 2.15. The molecule has 0 saturated carbocycles. The molecule has 0 radical (unpaired) electrons. The molecule has 0 bridgehead atoms. The fraction of sp³-hybridized carbons (Fsp3) is 1.00. The fourth-order valence-electron chi connectivity index (χ4n) is 3.99. The van der Waals surface area contributed by atoms with Gasteiger partial charge in [0.1, 0.15) is 0 Å². The summed E-state index contributed by atoms with van der Waals surface area (Å²) in [4.78, 5) is 0. The van der Waals surface area contributed by atoms with E-state index in [0.717, 1.165) is 59.2 Å². The maximum absolute atomic E-state index is 10.7. The second-order valence-electron chi connectivity index (χ2n) is 10.2. The van der Waals surface area contributed by atoms with Gasteiger partial charge in [-0.1, -0.05) is 38.5 Å². The fourth-order valence-corrected chi connectivity index (χ4v) is 4.83. The van der Waals surface area contributed by atoms with Gasteiger partial charge in [0.05, 0.1) is 64.5 Å². The van der Waals surface area contributed by atoms with Gasteiger partial charge < -0.3 is 18.8 Å². The van der Waals surface area contributed by atoms with Crippen LogP contribution in [0, 0.1) is 0 Å². The normalized spacial score (nSPS) is 13.1. The summed E-state index contributed by atoms with van der Waals surface area (Å²) in [6.45, 7) is 4.04. The first kappa shape index (κ1) is 32.1. The van der Waals surface area contributed by atoms with Crippen LogP contribution in [0.5, 0.6) is 0 Å². The van der Waals surface area contributed by atoms with Gasteiger partial charge in [-0.3, -0.25) is 5.04 Å². The second kappa shape index (κ2) is 18.4. The summed E-state index contributed by atoms with van der Waals surface area (Å²) in [6.07, 6.45) is 14.2. The van der Waals surface area contributed by atoms with Crippen molar-refractivity contribution in [2.75, 3.05) is 65.9 Å². The Morgan fingerprint density at radius 1 is 0.656 bits per heavy atom. The Balaban J connectivity index is 3.48. The molecule has 8 nitrogen and oxygen atoms in total. The van der Waals surface area contributed by atoms with Gasteiger partial charge in [-0.05, 0) is 25.7 Å². The summed E-state index contributed by atoms with van der Waals surface area (Å²) in [5, 5.41) is 13.1.